The number of aliphatic hydroxyl groups excluding tert-OH is 1. The highest BCUT2D eigenvalue weighted by atomic mass is 32.1. The third-order valence-corrected chi connectivity index (χ3v) is 5.23. The minimum atomic E-state index is -0.281. The van der Waals surface area contributed by atoms with Crippen LogP contribution in [0.5, 0.6) is 0 Å². The molecule has 0 bridgehead atoms. The normalized spacial score (nSPS) is 26.3. The van der Waals surface area contributed by atoms with Crippen LogP contribution in [0.3, 0.4) is 0 Å². The van der Waals surface area contributed by atoms with Gasteiger partial charge in [0.15, 0.2) is 5.13 Å². The average Bonchev–Trinajstić information content (AvgIpc) is 3.02. The number of hydrogen-bond acceptors (Lipinski definition) is 7. The lowest BCUT2D eigenvalue weighted by Crippen LogP contribution is -2.54. The Morgan fingerprint density at radius 3 is 2.73 bits per heavy atom. The van der Waals surface area contributed by atoms with Crippen molar-refractivity contribution in [1.82, 2.24) is 14.8 Å². The van der Waals surface area contributed by atoms with E-state index in [0.29, 0.717) is 6.04 Å². The molecule has 3 heterocycles. The molecular weight excluding hydrogens is 300 g/mol. The number of aliphatic hydroxyl groups is 1. The fourth-order valence-corrected chi connectivity index (χ4v) is 4.05. The molecular formula is C15H26N4O2S. The predicted octanol–water partition coefficient (Wildman–Crippen LogP) is 0.347. The van der Waals surface area contributed by atoms with Gasteiger partial charge in [0.05, 0.1) is 19.3 Å². The number of β-amino-alcohol motifs (C(OH)–C–C–N with tert-alkyl or cyclic N) is 1. The molecule has 0 radical (unpaired) electrons. The fraction of sp³-hybridized carbons (Fsp3) is 0.800. The zero-order chi connectivity index (χ0) is 15.4. The minimum absolute atomic E-state index is 0.281. The van der Waals surface area contributed by atoms with Crippen LogP contribution in [0.4, 0.5) is 5.13 Å². The van der Waals surface area contributed by atoms with Gasteiger partial charge in [-0.25, -0.2) is 4.98 Å². The summed E-state index contributed by atoms with van der Waals surface area (Å²) in [6.45, 7) is 10.2. The molecule has 2 fully saturated rings. The van der Waals surface area contributed by atoms with Crippen molar-refractivity contribution in [2.45, 2.75) is 19.1 Å². The first kappa shape index (κ1) is 16.1. The van der Waals surface area contributed by atoms with E-state index >= 15 is 0 Å². The average molecular weight is 326 g/mol. The van der Waals surface area contributed by atoms with Gasteiger partial charge in [-0.15, -0.1) is 11.3 Å². The maximum atomic E-state index is 10.3. The first-order valence-corrected chi connectivity index (χ1v) is 8.97. The molecule has 0 amide bonds. The highest BCUT2D eigenvalue weighted by molar-refractivity contribution is 7.13. The van der Waals surface area contributed by atoms with Gasteiger partial charge in [0.25, 0.3) is 0 Å². The van der Waals surface area contributed by atoms with Crippen molar-refractivity contribution in [1.29, 1.82) is 0 Å². The Morgan fingerprint density at radius 1 is 1.27 bits per heavy atom. The Bertz CT molecular complexity index is 439. The lowest BCUT2D eigenvalue weighted by Gasteiger charge is -2.40. The van der Waals surface area contributed by atoms with Crippen molar-refractivity contribution in [3.63, 3.8) is 0 Å². The van der Waals surface area contributed by atoms with Gasteiger partial charge in [0.2, 0.25) is 0 Å². The summed E-state index contributed by atoms with van der Waals surface area (Å²) >= 11 is 1.70. The van der Waals surface area contributed by atoms with Crippen LogP contribution in [0.1, 0.15) is 6.92 Å². The highest BCUT2D eigenvalue weighted by Gasteiger charge is 2.27. The molecule has 0 aromatic carbocycles. The number of rotatable bonds is 5. The van der Waals surface area contributed by atoms with Crippen LogP contribution in [0.2, 0.25) is 0 Å². The smallest absolute Gasteiger partial charge is 0.185 e. The lowest BCUT2D eigenvalue weighted by atomic mass is 10.2. The molecule has 3 rings (SSSR count). The predicted molar refractivity (Wildman–Crippen MR) is 88.6 cm³/mol. The SMILES string of the molecule is CC1CN(CC(O)CN2CCOCC2)CCN1c1nccs1. The van der Waals surface area contributed by atoms with Gasteiger partial charge in [0.1, 0.15) is 0 Å². The van der Waals surface area contributed by atoms with E-state index in [9.17, 15) is 5.11 Å². The van der Waals surface area contributed by atoms with E-state index in [-0.39, 0.29) is 6.10 Å². The molecule has 6 nitrogen and oxygen atoms in total. The molecule has 1 N–H and O–H groups in total. The summed E-state index contributed by atoms with van der Waals surface area (Å²) in [6, 6.07) is 0.440. The number of piperazine rings is 1. The van der Waals surface area contributed by atoms with E-state index < -0.39 is 0 Å². The molecule has 0 spiro atoms. The second kappa shape index (κ2) is 7.70. The molecule has 0 aliphatic carbocycles. The Hall–Kier alpha value is -0.730. The van der Waals surface area contributed by atoms with E-state index in [1.807, 2.05) is 11.6 Å². The largest absolute Gasteiger partial charge is 0.390 e. The maximum Gasteiger partial charge on any atom is 0.185 e. The van der Waals surface area contributed by atoms with E-state index in [2.05, 4.69) is 26.6 Å². The van der Waals surface area contributed by atoms with E-state index in [4.69, 9.17) is 4.74 Å². The van der Waals surface area contributed by atoms with E-state index in [1.165, 1.54) is 0 Å². The number of hydrogen-bond donors (Lipinski definition) is 1. The summed E-state index contributed by atoms with van der Waals surface area (Å²) in [5, 5.41) is 13.5. The summed E-state index contributed by atoms with van der Waals surface area (Å²) in [7, 11) is 0. The van der Waals surface area contributed by atoms with Gasteiger partial charge in [-0.2, -0.15) is 0 Å². The van der Waals surface area contributed by atoms with E-state index in [0.717, 1.165) is 64.2 Å². The third kappa shape index (κ3) is 4.17. The van der Waals surface area contributed by atoms with Gasteiger partial charge in [0, 0.05) is 63.4 Å². The first-order valence-electron chi connectivity index (χ1n) is 8.09. The summed E-state index contributed by atoms with van der Waals surface area (Å²) in [6.07, 6.45) is 1.59. The van der Waals surface area contributed by atoms with Crippen LogP contribution in [0.25, 0.3) is 0 Å². The highest BCUT2D eigenvalue weighted by Crippen LogP contribution is 2.22. The Kier molecular flexibility index (Phi) is 5.65. The monoisotopic (exact) mass is 326 g/mol. The van der Waals surface area contributed by atoms with Gasteiger partial charge >= 0.3 is 0 Å². The van der Waals surface area contributed by atoms with Crippen molar-refractivity contribution in [3.8, 4) is 0 Å². The molecule has 7 heteroatoms. The zero-order valence-corrected chi connectivity index (χ0v) is 14.0. The first-order chi connectivity index (χ1) is 10.7. The Labute approximate surface area is 136 Å². The number of anilines is 1. The molecule has 2 unspecified atom stereocenters. The van der Waals surface area contributed by atoms with Gasteiger partial charge < -0.3 is 14.7 Å². The summed E-state index contributed by atoms with van der Waals surface area (Å²) in [4.78, 5) is 11.5. The number of aromatic nitrogens is 1. The van der Waals surface area contributed by atoms with Crippen LogP contribution >= 0.6 is 11.3 Å². The minimum Gasteiger partial charge on any atom is -0.390 e. The Balaban J connectivity index is 1.44. The summed E-state index contributed by atoms with van der Waals surface area (Å²) < 4.78 is 5.35. The number of nitrogens with zero attached hydrogens (tertiary/aromatic N) is 4. The second-order valence-electron chi connectivity index (χ2n) is 6.18. The van der Waals surface area contributed by atoms with Crippen molar-refractivity contribution >= 4 is 16.5 Å². The molecule has 1 aromatic heterocycles. The fourth-order valence-electron chi connectivity index (χ4n) is 3.28. The van der Waals surface area contributed by atoms with Crippen molar-refractivity contribution in [2.24, 2.45) is 0 Å². The second-order valence-corrected chi connectivity index (χ2v) is 7.06. The molecule has 2 saturated heterocycles. The van der Waals surface area contributed by atoms with Crippen LogP contribution in [-0.4, -0.2) is 91.1 Å². The summed E-state index contributed by atoms with van der Waals surface area (Å²) in [5.41, 5.74) is 0. The van der Waals surface area contributed by atoms with Crippen molar-refractivity contribution in [3.05, 3.63) is 11.6 Å². The third-order valence-electron chi connectivity index (χ3n) is 4.42. The molecule has 2 aliphatic rings. The van der Waals surface area contributed by atoms with Crippen LogP contribution in [0, 0.1) is 0 Å². The van der Waals surface area contributed by atoms with E-state index in [1.54, 1.807) is 11.3 Å². The van der Waals surface area contributed by atoms with Gasteiger partial charge in [-0.3, -0.25) is 9.80 Å². The molecule has 124 valence electrons. The molecule has 1 aromatic rings. The van der Waals surface area contributed by atoms with Crippen LogP contribution < -0.4 is 4.90 Å². The van der Waals surface area contributed by atoms with Crippen molar-refractivity contribution < 1.29 is 9.84 Å². The quantitative estimate of drug-likeness (QED) is 0.842. The van der Waals surface area contributed by atoms with Gasteiger partial charge in [-0.05, 0) is 6.92 Å². The Morgan fingerprint density at radius 2 is 2.05 bits per heavy atom. The molecule has 0 saturated carbocycles. The van der Waals surface area contributed by atoms with Crippen LogP contribution in [-0.2, 0) is 4.74 Å². The topological polar surface area (TPSA) is 52.1 Å². The molecule has 2 aliphatic heterocycles. The molecule has 2 atom stereocenters. The lowest BCUT2D eigenvalue weighted by molar-refractivity contribution is 0.00572. The number of ether oxygens (including phenoxy) is 1. The van der Waals surface area contributed by atoms with Crippen LogP contribution in [0.15, 0.2) is 11.6 Å². The number of morpholine rings is 1. The van der Waals surface area contributed by atoms with Gasteiger partial charge in [-0.1, -0.05) is 0 Å². The molecule has 22 heavy (non-hydrogen) atoms. The van der Waals surface area contributed by atoms with Crippen molar-refractivity contribution in [2.75, 3.05) is 63.9 Å². The number of thiazole rings is 1. The standard InChI is InChI=1S/C15H26N4O2S/c1-13-10-18(3-4-19(13)15-16-2-9-22-15)12-14(20)11-17-5-7-21-8-6-17/h2,9,13-14,20H,3-8,10-12H2,1H3. The zero-order valence-electron chi connectivity index (χ0n) is 13.2. The maximum absolute atomic E-state index is 10.3. The summed E-state index contributed by atoms with van der Waals surface area (Å²) in [5.74, 6) is 0.